The Labute approximate surface area is 107 Å². The number of benzene rings is 1. The molecule has 1 aromatic carbocycles. The topological polar surface area (TPSA) is 94.8 Å². The number of halogens is 1. The van der Waals surface area contributed by atoms with E-state index >= 15 is 0 Å². The summed E-state index contributed by atoms with van der Waals surface area (Å²) in [5, 5.41) is 27.0. The summed E-state index contributed by atoms with van der Waals surface area (Å²) in [7, 11) is 0. The molecule has 0 heterocycles. The van der Waals surface area contributed by atoms with Crippen molar-refractivity contribution in [3.63, 3.8) is 0 Å². The van der Waals surface area contributed by atoms with Crippen LogP contribution in [-0.2, 0) is 9.59 Å². The van der Waals surface area contributed by atoms with Crippen LogP contribution in [0, 0.1) is 0 Å². The van der Waals surface area contributed by atoms with Crippen molar-refractivity contribution in [3.8, 4) is 5.75 Å². The summed E-state index contributed by atoms with van der Waals surface area (Å²) in [5.74, 6) is -2.58. The van der Waals surface area contributed by atoms with E-state index in [2.05, 4.69) is 0 Å². The second-order valence-electron chi connectivity index (χ2n) is 3.28. The molecule has 0 spiro atoms. The molecular weight excluding hydrogens is 260 g/mol. The molecule has 0 aliphatic rings. The van der Waals surface area contributed by atoms with E-state index < -0.39 is 11.9 Å². The van der Waals surface area contributed by atoms with E-state index in [0.717, 1.165) is 12.2 Å². The molecule has 0 aliphatic heterocycles. The first kappa shape index (κ1) is 13.8. The van der Waals surface area contributed by atoms with Crippen LogP contribution in [-0.4, -0.2) is 27.3 Å². The van der Waals surface area contributed by atoms with E-state index in [9.17, 15) is 14.7 Å². The van der Waals surface area contributed by atoms with Crippen LogP contribution in [0.4, 0.5) is 0 Å². The van der Waals surface area contributed by atoms with Gasteiger partial charge in [0.25, 0.3) is 0 Å². The van der Waals surface area contributed by atoms with Crippen molar-refractivity contribution >= 4 is 35.7 Å². The number of phenolic OH excluding ortho intramolecular Hbond substituents is 1. The van der Waals surface area contributed by atoms with Gasteiger partial charge in [-0.25, -0.2) is 9.59 Å². The Morgan fingerprint density at radius 3 is 1.72 bits per heavy atom. The Morgan fingerprint density at radius 1 is 1.00 bits per heavy atom. The van der Waals surface area contributed by atoms with Crippen LogP contribution in [0.5, 0.6) is 5.75 Å². The van der Waals surface area contributed by atoms with Crippen molar-refractivity contribution in [2.75, 3.05) is 0 Å². The average Bonchev–Trinajstić information content (AvgIpc) is 2.27. The largest absolute Gasteiger partial charge is 0.507 e. The lowest BCUT2D eigenvalue weighted by molar-refractivity contribution is -0.132. The minimum absolute atomic E-state index is 0.190. The molecule has 0 aliphatic carbocycles. The van der Waals surface area contributed by atoms with Gasteiger partial charge in [0.15, 0.2) is 0 Å². The summed E-state index contributed by atoms with van der Waals surface area (Å²) >= 11 is 5.78. The smallest absolute Gasteiger partial charge is 0.328 e. The minimum atomic E-state index is -1.17. The number of aromatic hydroxyl groups is 1. The van der Waals surface area contributed by atoms with Crippen LogP contribution < -0.4 is 0 Å². The van der Waals surface area contributed by atoms with Crippen molar-refractivity contribution < 1.29 is 24.9 Å². The molecule has 0 saturated carbocycles. The number of carbonyl (C=O) groups is 2. The summed E-state index contributed by atoms with van der Waals surface area (Å²) in [6.07, 6.45) is 4.02. The molecule has 18 heavy (non-hydrogen) atoms. The van der Waals surface area contributed by atoms with Gasteiger partial charge in [0, 0.05) is 28.3 Å². The molecular formula is C12H9ClO5. The molecule has 94 valence electrons. The lowest BCUT2D eigenvalue weighted by Gasteiger charge is -2.04. The summed E-state index contributed by atoms with van der Waals surface area (Å²) < 4.78 is 0. The monoisotopic (exact) mass is 268 g/mol. The Balaban J connectivity index is 3.21. The van der Waals surface area contributed by atoms with E-state index in [1.165, 1.54) is 24.3 Å². The molecule has 0 bridgehead atoms. The number of phenols is 1. The first-order chi connectivity index (χ1) is 8.40. The van der Waals surface area contributed by atoms with Crippen LogP contribution in [0.25, 0.3) is 12.2 Å². The molecule has 0 saturated heterocycles. The average molecular weight is 269 g/mol. The van der Waals surface area contributed by atoms with E-state index in [1.807, 2.05) is 0 Å². The Hall–Kier alpha value is -2.27. The summed E-state index contributed by atoms with van der Waals surface area (Å²) in [4.78, 5) is 20.8. The highest BCUT2D eigenvalue weighted by molar-refractivity contribution is 6.31. The lowest BCUT2D eigenvalue weighted by Crippen LogP contribution is -1.88. The van der Waals surface area contributed by atoms with Gasteiger partial charge < -0.3 is 15.3 Å². The zero-order valence-corrected chi connectivity index (χ0v) is 9.76. The second kappa shape index (κ2) is 5.88. The molecule has 0 amide bonds. The first-order valence-electron chi connectivity index (χ1n) is 4.74. The molecule has 1 rings (SSSR count). The van der Waals surface area contributed by atoms with Gasteiger partial charge in [-0.1, -0.05) is 11.6 Å². The van der Waals surface area contributed by atoms with Gasteiger partial charge in [0.05, 0.1) is 0 Å². The zero-order chi connectivity index (χ0) is 13.7. The molecule has 0 fully saturated rings. The normalized spacial score (nSPS) is 11.2. The van der Waals surface area contributed by atoms with Crippen LogP contribution in [0.3, 0.4) is 0 Å². The molecule has 0 aromatic heterocycles. The lowest BCUT2D eigenvalue weighted by atomic mass is 10.1. The predicted octanol–water partition coefficient (Wildman–Crippen LogP) is 2.24. The maximum Gasteiger partial charge on any atom is 0.328 e. The number of hydrogen-bond donors (Lipinski definition) is 3. The van der Waals surface area contributed by atoms with E-state index in [1.54, 1.807) is 0 Å². The standard InChI is InChI=1S/C12H9ClO5/c13-9-5-7(1-3-10(14)15)12(18)8(6-9)2-4-11(16)17/h1-6,18H,(H,14,15)(H,16,17)/b3-1+,4-2+. The predicted molar refractivity (Wildman–Crippen MR) is 66.5 cm³/mol. The summed E-state index contributed by atoms with van der Waals surface area (Å²) in [6, 6.07) is 2.74. The molecule has 0 atom stereocenters. The van der Waals surface area contributed by atoms with Crippen LogP contribution in [0.2, 0.25) is 5.02 Å². The Kier molecular flexibility index (Phi) is 4.51. The van der Waals surface area contributed by atoms with E-state index in [4.69, 9.17) is 21.8 Å². The number of aliphatic carboxylic acids is 2. The van der Waals surface area contributed by atoms with Crippen LogP contribution in [0.15, 0.2) is 24.3 Å². The van der Waals surface area contributed by atoms with Gasteiger partial charge in [-0.05, 0) is 24.3 Å². The van der Waals surface area contributed by atoms with Crippen LogP contribution in [0.1, 0.15) is 11.1 Å². The Bertz CT molecular complexity index is 500. The van der Waals surface area contributed by atoms with E-state index in [-0.39, 0.29) is 21.9 Å². The minimum Gasteiger partial charge on any atom is -0.507 e. The second-order valence-corrected chi connectivity index (χ2v) is 3.71. The van der Waals surface area contributed by atoms with Crippen LogP contribution >= 0.6 is 11.6 Å². The third kappa shape index (κ3) is 3.95. The van der Waals surface area contributed by atoms with Gasteiger partial charge in [0.2, 0.25) is 0 Å². The van der Waals surface area contributed by atoms with Gasteiger partial charge in [0.1, 0.15) is 5.75 Å². The molecule has 0 radical (unpaired) electrons. The fraction of sp³-hybridized carbons (Fsp3) is 0. The highest BCUT2D eigenvalue weighted by Gasteiger charge is 2.06. The first-order valence-corrected chi connectivity index (χ1v) is 5.12. The Morgan fingerprint density at radius 2 is 1.39 bits per heavy atom. The molecule has 5 nitrogen and oxygen atoms in total. The van der Waals surface area contributed by atoms with Gasteiger partial charge in [-0.2, -0.15) is 0 Å². The van der Waals surface area contributed by atoms with Gasteiger partial charge in [-0.15, -0.1) is 0 Å². The van der Waals surface area contributed by atoms with E-state index in [0.29, 0.717) is 0 Å². The maximum absolute atomic E-state index is 10.4. The number of carboxylic acids is 2. The number of rotatable bonds is 4. The third-order valence-corrected chi connectivity index (χ3v) is 2.16. The van der Waals surface area contributed by atoms with Gasteiger partial charge >= 0.3 is 11.9 Å². The van der Waals surface area contributed by atoms with Crippen molar-refractivity contribution in [3.05, 3.63) is 40.4 Å². The van der Waals surface area contributed by atoms with Crippen molar-refractivity contribution in [1.29, 1.82) is 0 Å². The van der Waals surface area contributed by atoms with Crippen molar-refractivity contribution in [1.82, 2.24) is 0 Å². The van der Waals surface area contributed by atoms with Crippen molar-refractivity contribution in [2.45, 2.75) is 0 Å². The number of hydrogen-bond acceptors (Lipinski definition) is 3. The molecule has 0 unspecified atom stereocenters. The molecule has 1 aromatic rings. The fourth-order valence-corrected chi connectivity index (χ4v) is 1.45. The molecule has 6 heteroatoms. The van der Waals surface area contributed by atoms with Crippen molar-refractivity contribution in [2.24, 2.45) is 0 Å². The fourth-order valence-electron chi connectivity index (χ4n) is 1.22. The summed E-state index contributed by atoms with van der Waals surface area (Å²) in [6.45, 7) is 0. The zero-order valence-electron chi connectivity index (χ0n) is 9.00. The number of carboxylic acid groups (broad SMARTS) is 2. The quantitative estimate of drug-likeness (QED) is 0.728. The van der Waals surface area contributed by atoms with Gasteiger partial charge in [-0.3, -0.25) is 0 Å². The molecule has 3 N–H and O–H groups in total. The summed E-state index contributed by atoms with van der Waals surface area (Å²) in [5.41, 5.74) is 0.380. The highest BCUT2D eigenvalue weighted by atomic mass is 35.5. The highest BCUT2D eigenvalue weighted by Crippen LogP contribution is 2.29. The third-order valence-electron chi connectivity index (χ3n) is 1.94. The maximum atomic E-state index is 10.4. The SMILES string of the molecule is O=C(O)/C=C/c1cc(Cl)cc(/C=C/C(=O)O)c1O.